The van der Waals surface area contributed by atoms with Crippen molar-refractivity contribution < 1.29 is 14.5 Å². The standard InChI is InChI=1S/C16H14ClN3O4/c17-14-7-2-1-4-12(14)9-18-15(21)10-19-16(22)11-5-3-6-13(8-11)20(23)24/h1-8H,9-10H2,(H,18,21)(H,19,22). The number of carbonyl (C=O) groups excluding carboxylic acids is 2. The van der Waals surface area contributed by atoms with Gasteiger partial charge in [-0.2, -0.15) is 0 Å². The molecule has 2 rings (SSSR count). The first kappa shape index (κ1) is 17.4. The van der Waals surface area contributed by atoms with Crippen molar-refractivity contribution in [3.63, 3.8) is 0 Å². The van der Waals surface area contributed by atoms with E-state index in [0.29, 0.717) is 5.02 Å². The highest BCUT2D eigenvalue weighted by molar-refractivity contribution is 6.31. The number of nitro groups is 1. The minimum absolute atomic E-state index is 0.114. The van der Waals surface area contributed by atoms with Crippen molar-refractivity contribution in [1.29, 1.82) is 0 Å². The van der Waals surface area contributed by atoms with E-state index in [1.165, 1.54) is 18.2 Å². The van der Waals surface area contributed by atoms with Crippen LogP contribution in [0.25, 0.3) is 0 Å². The molecule has 0 saturated heterocycles. The van der Waals surface area contributed by atoms with Crippen LogP contribution in [0, 0.1) is 10.1 Å². The minimum Gasteiger partial charge on any atom is -0.350 e. The maximum absolute atomic E-state index is 11.9. The molecule has 2 amide bonds. The van der Waals surface area contributed by atoms with Gasteiger partial charge in [0.25, 0.3) is 11.6 Å². The highest BCUT2D eigenvalue weighted by atomic mass is 35.5. The molecule has 24 heavy (non-hydrogen) atoms. The summed E-state index contributed by atoms with van der Waals surface area (Å²) < 4.78 is 0. The smallest absolute Gasteiger partial charge is 0.270 e. The van der Waals surface area contributed by atoms with E-state index in [1.807, 2.05) is 0 Å². The van der Waals surface area contributed by atoms with E-state index in [-0.39, 0.29) is 24.3 Å². The molecule has 0 unspecified atom stereocenters. The number of amides is 2. The fraction of sp³-hybridized carbons (Fsp3) is 0.125. The van der Waals surface area contributed by atoms with Gasteiger partial charge in [-0.3, -0.25) is 19.7 Å². The van der Waals surface area contributed by atoms with Gasteiger partial charge in [0.15, 0.2) is 0 Å². The molecule has 0 saturated carbocycles. The number of hydrogen-bond donors (Lipinski definition) is 2. The van der Waals surface area contributed by atoms with Crippen molar-refractivity contribution >= 4 is 29.1 Å². The molecule has 0 aliphatic carbocycles. The van der Waals surface area contributed by atoms with Crippen molar-refractivity contribution in [2.45, 2.75) is 6.54 Å². The summed E-state index contributed by atoms with van der Waals surface area (Å²) in [7, 11) is 0. The monoisotopic (exact) mass is 347 g/mol. The van der Waals surface area contributed by atoms with Gasteiger partial charge >= 0.3 is 0 Å². The van der Waals surface area contributed by atoms with Crippen LogP contribution in [-0.4, -0.2) is 23.3 Å². The Bertz CT molecular complexity index is 779. The van der Waals surface area contributed by atoms with Crippen LogP contribution in [0.15, 0.2) is 48.5 Å². The third-order valence-electron chi connectivity index (χ3n) is 3.16. The third-order valence-corrected chi connectivity index (χ3v) is 3.53. The number of nitrogens with one attached hydrogen (secondary N) is 2. The van der Waals surface area contributed by atoms with Crippen LogP contribution in [-0.2, 0) is 11.3 Å². The number of benzene rings is 2. The van der Waals surface area contributed by atoms with E-state index >= 15 is 0 Å². The van der Waals surface area contributed by atoms with Crippen LogP contribution in [0.3, 0.4) is 0 Å². The Morgan fingerprint density at radius 2 is 1.83 bits per heavy atom. The molecule has 0 aliphatic heterocycles. The Hall–Kier alpha value is -2.93. The molecule has 8 heteroatoms. The van der Waals surface area contributed by atoms with E-state index in [1.54, 1.807) is 24.3 Å². The second-order valence-corrected chi connectivity index (χ2v) is 5.27. The zero-order chi connectivity index (χ0) is 17.5. The van der Waals surface area contributed by atoms with Crippen molar-refractivity contribution in [2.75, 3.05) is 6.54 Å². The normalized spacial score (nSPS) is 10.0. The number of nitro benzene ring substituents is 1. The van der Waals surface area contributed by atoms with Gasteiger partial charge in [-0.05, 0) is 17.7 Å². The second-order valence-electron chi connectivity index (χ2n) is 4.86. The largest absolute Gasteiger partial charge is 0.350 e. The lowest BCUT2D eigenvalue weighted by atomic mass is 10.2. The maximum atomic E-state index is 11.9. The van der Waals surface area contributed by atoms with Gasteiger partial charge in [0.1, 0.15) is 0 Å². The van der Waals surface area contributed by atoms with Crippen molar-refractivity contribution in [3.05, 3.63) is 74.8 Å². The predicted octanol–water partition coefficient (Wildman–Crippen LogP) is 2.29. The second kappa shape index (κ2) is 8.07. The average Bonchev–Trinajstić information content (AvgIpc) is 2.59. The molecule has 2 aromatic carbocycles. The molecular weight excluding hydrogens is 334 g/mol. The van der Waals surface area contributed by atoms with Gasteiger partial charge in [0.2, 0.25) is 5.91 Å². The molecule has 7 nitrogen and oxygen atoms in total. The number of halogens is 1. The quantitative estimate of drug-likeness (QED) is 0.618. The third kappa shape index (κ3) is 4.79. The summed E-state index contributed by atoms with van der Waals surface area (Å²) in [6.45, 7) is -0.00281. The van der Waals surface area contributed by atoms with Crippen LogP contribution in [0.2, 0.25) is 5.02 Å². The Balaban J connectivity index is 1.85. The number of hydrogen-bond acceptors (Lipinski definition) is 4. The molecule has 0 atom stereocenters. The predicted molar refractivity (Wildman–Crippen MR) is 88.7 cm³/mol. The molecule has 0 bridgehead atoms. The first-order valence-electron chi connectivity index (χ1n) is 7.00. The lowest BCUT2D eigenvalue weighted by Gasteiger charge is -2.08. The van der Waals surface area contributed by atoms with Gasteiger partial charge in [-0.1, -0.05) is 35.9 Å². The number of nitrogens with zero attached hydrogens (tertiary/aromatic N) is 1. The summed E-state index contributed by atoms with van der Waals surface area (Å²) in [4.78, 5) is 33.8. The molecule has 0 radical (unpaired) electrons. The van der Waals surface area contributed by atoms with Crippen molar-refractivity contribution in [3.8, 4) is 0 Å². The van der Waals surface area contributed by atoms with E-state index in [2.05, 4.69) is 10.6 Å². The molecular formula is C16H14ClN3O4. The SMILES string of the molecule is O=C(CNC(=O)c1cccc([N+](=O)[O-])c1)NCc1ccccc1Cl. The zero-order valence-electron chi connectivity index (χ0n) is 12.5. The molecule has 2 N–H and O–H groups in total. The van der Waals surface area contributed by atoms with Gasteiger partial charge < -0.3 is 10.6 Å². The highest BCUT2D eigenvalue weighted by Crippen LogP contribution is 2.14. The fourth-order valence-electron chi connectivity index (χ4n) is 1.92. The van der Waals surface area contributed by atoms with Crippen molar-refractivity contribution in [1.82, 2.24) is 10.6 Å². The van der Waals surface area contributed by atoms with E-state index in [9.17, 15) is 19.7 Å². The van der Waals surface area contributed by atoms with E-state index < -0.39 is 16.7 Å². The summed E-state index contributed by atoms with van der Waals surface area (Å²) in [6, 6.07) is 12.4. The fourth-order valence-corrected chi connectivity index (χ4v) is 2.12. The summed E-state index contributed by atoms with van der Waals surface area (Å²) in [5.74, 6) is -0.958. The molecule has 0 heterocycles. The number of rotatable bonds is 6. The van der Waals surface area contributed by atoms with Crippen LogP contribution < -0.4 is 10.6 Å². The van der Waals surface area contributed by atoms with Crippen LogP contribution >= 0.6 is 11.6 Å². The molecule has 124 valence electrons. The minimum atomic E-state index is -0.590. The number of non-ortho nitro benzene ring substituents is 1. The summed E-state index contributed by atoms with van der Waals surface area (Å²) in [5.41, 5.74) is 0.687. The molecule has 0 fully saturated rings. The summed E-state index contributed by atoms with van der Waals surface area (Å²) >= 11 is 5.98. The van der Waals surface area contributed by atoms with Crippen LogP contribution in [0.1, 0.15) is 15.9 Å². The lowest BCUT2D eigenvalue weighted by molar-refractivity contribution is -0.384. The first-order chi connectivity index (χ1) is 11.5. The first-order valence-corrected chi connectivity index (χ1v) is 7.38. The summed E-state index contributed by atoms with van der Waals surface area (Å²) in [5, 5.41) is 16.3. The van der Waals surface area contributed by atoms with Crippen LogP contribution in [0.4, 0.5) is 5.69 Å². The highest BCUT2D eigenvalue weighted by Gasteiger charge is 2.12. The van der Waals surface area contributed by atoms with Gasteiger partial charge in [0.05, 0.1) is 11.5 Å². The van der Waals surface area contributed by atoms with Gasteiger partial charge in [0, 0.05) is 29.3 Å². The zero-order valence-corrected chi connectivity index (χ0v) is 13.2. The van der Waals surface area contributed by atoms with Gasteiger partial charge in [-0.25, -0.2) is 0 Å². The molecule has 0 aliphatic rings. The lowest BCUT2D eigenvalue weighted by Crippen LogP contribution is -2.36. The maximum Gasteiger partial charge on any atom is 0.270 e. The van der Waals surface area contributed by atoms with E-state index in [4.69, 9.17) is 11.6 Å². The Morgan fingerprint density at radius 1 is 1.08 bits per heavy atom. The van der Waals surface area contributed by atoms with E-state index in [0.717, 1.165) is 11.6 Å². The Labute approximate surface area is 142 Å². The number of carbonyl (C=O) groups is 2. The van der Waals surface area contributed by atoms with Gasteiger partial charge in [-0.15, -0.1) is 0 Å². The van der Waals surface area contributed by atoms with Crippen molar-refractivity contribution in [2.24, 2.45) is 0 Å². The Kier molecular flexibility index (Phi) is 5.86. The topological polar surface area (TPSA) is 101 Å². The average molecular weight is 348 g/mol. The molecule has 0 aromatic heterocycles. The Morgan fingerprint density at radius 3 is 2.54 bits per heavy atom. The molecule has 2 aromatic rings. The molecule has 0 spiro atoms. The van der Waals surface area contributed by atoms with Crippen LogP contribution in [0.5, 0.6) is 0 Å². The summed E-state index contributed by atoms with van der Waals surface area (Å²) in [6.07, 6.45) is 0.